The Morgan fingerprint density at radius 3 is 2.61 bits per heavy atom. The maximum atomic E-state index is 12.9. The molecule has 3 amide bonds. The summed E-state index contributed by atoms with van der Waals surface area (Å²) < 4.78 is 18.3. The van der Waals surface area contributed by atoms with E-state index in [4.69, 9.17) is 4.74 Å². The lowest BCUT2D eigenvalue weighted by molar-refractivity contribution is -0.128. The first-order valence-electron chi connectivity index (χ1n) is 8.47. The Labute approximate surface area is 165 Å². The van der Waals surface area contributed by atoms with E-state index in [1.807, 2.05) is 0 Å². The number of benzene rings is 2. The van der Waals surface area contributed by atoms with Crippen LogP contribution in [0.15, 0.2) is 47.4 Å². The van der Waals surface area contributed by atoms with Crippen molar-refractivity contribution in [3.63, 3.8) is 0 Å². The maximum Gasteiger partial charge on any atom is 0.279 e. The number of hydrogen-bond acceptors (Lipinski definition) is 5. The van der Waals surface area contributed by atoms with Crippen molar-refractivity contribution in [2.45, 2.75) is 30.1 Å². The van der Waals surface area contributed by atoms with Gasteiger partial charge in [-0.3, -0.25) is 25.2 Å². The third-order valence-electron chi connectivity index (χ3n) is 3.97. The Morgan fingerprint density at radius 2 is 1.89 bits per heavy atom. The van der Waals surface area contributed by atoms with Crippen molar-refractivity contribution < 1.29 is 23.5 Å². The number of carbonyl (C=O) groups is 3. The summed E-state index contributed by atoms with van der Waals surface area (Å²) in [5.74, 6) is -1.33. The number of halogens is 1. The van der Waals surface area contributed by atoms with Crippen LogP contribution in [0.25, 0.3) is 0 Å². The third kappa shape index (κ3) is 4.61. The molecule has 0 saturated carbocycles. The number of anilines is 1. The molecule has 2 atom stereocenters. The van der Waals surface area contributed by atoms with Gasteiger partial charge in [0.15, 0.2) is 6.10 Å². The van der Waals surface area contributed by atoms with Crippen LogP contribution >= 0.6 is 11.8 Å². The van der Waals surface area contributed by atoms with Crippen LogP contribution in [0.5, 0.6) is 5.75 Å². The van der Waals surface area contributed by atoms with Gasteiger partial charge in [0.25, 0.3) is 11.8 Å². The van der Waals surface area contributed by atoms with Crippen molar-refractivity contribution in [3.8, 4) is 5.75 Å². The highest BCUT2D eigenvalue weighted by Gasteiger charge is 2.24. The predicted octanol–water partition coefficient (Wildman–Crippen LogP) is 2.49. The maximum absolute atomic E-state index is 12.9. The number of nitrogens with one attached hydrogen (secondary N) is 3. The van der Waals surface area contributed by atoms with Crippen LogP contribution in [0.2, 0.25) is 0 Å². The average Bonchev–Trinajstić information content (AvgIpc) is 2.68. The van der Waals surface area contributed by atoms with E-state index in [1.165, 1.54) is 43.0 Å². The molecule has 3 N–H and O–H groups in total. The van der Waals surface area contributed by atoms with Gasteiger partial charge in [0, 0.05) is 10.5 Å². The summed E-state index contributed by atoms with van der Waals surface area (Å²) in [6, 6.07) is 10.1. The molecule has 0 radical (unpaired) electrons. The second-order valence-corrected chi connectivity index (χ2v) is 7.50. The number of rotatable bonds is 4. The minimum Gasteiger partial charge on any atom is -0.481 e. The highest BCUT2D eigenvalue weighted by atomic mass is 32.2. The number of amides is 3. The Morgan fingerprint density at radius 1 is 1.18 bits per heavy atom. The fraction of sp³-hybridized carbons (Fsp3) is 0.211. The van der Waals surface area contributed by atoms with Crippen molar-refractivity contribution in [1.82, 2.24) is 10.9 Å². The third-order valence-corrected chi connectivity index (χ3v) is 5.15. The molecule has 0 aliphatic carbocycles. The number of fused-ring (bicyclic) bond motifs is 1. The van der Waals surface area contributed by atoms with Gasteiger partial charge in [-0.15, -0.1) is 11.8 Å². The SMILES string of the molecule is C[C@@H]1Sc2ccc(C(=O)NNC(=O)[C@@H](C)Oc3ccc(F)cc3)cc2NC1=O. The van der Waals surface area contributed by atoms with Crippen LogP contribution in [0.1, 0.15) is 24.2 Å². The first-order chi connectivity index (χ1) is 13.3. The van der Waals surface area contributed by atoms with Crippen molar-refractivity contribution >= 4 is 35.2 Å². The summed E-state index contributed by atoms with van der Waals surface area (Å²) in [5.41, 5.74) is 5.42. The fourth-order valence-electron chi connectivity index (χ4n) is 2.41. The smallest absolute Gasteiger partial charge is 0.279 e. The Kier molecular flexibility index (Phi) is 5.84. The molecular formula is C19H18FN3O4S. The molecule has 0 fully saturated rings. The Balaban J connectivity index is 1.56. The van der Waals surface area contributed by atoms with Gasteiger partial charge in [-0.1, -0.05) is 0 Å². The molecule has 146 valence electrons. The quantitative estimate of drug-likeness (QED) is 0.682. The molecule has 2 aromatic rings. The summed E-state index contributed by atoms with van der Waals surface area (Å²) in [6.07, 6.45) is -0.911. The van der Waals surface area contributed by atoms with Crippen LogP contribution in [0.4, 0.5) is 10.1 Å². The lowest BCUT2D eigenvalue weighted by Crippen LogP contribution is -2.47. The zero-order valence-electron chi connectivity index (χ0n) is 15.1. The van der Waals surface area contributed by atoms with E-state index in [1.54, 1.807) is 25.1 Å². The first-order valence-corrected chi connectivity index (χ1v) is 9.35. The second-order valence-electron chi connectivity index (χ2n) is 6.12. The van der Waals surface area contributed by atoms with Crippen molar-refractivity contribution in [1.29, 1.82) is 0 Å². The van der Waals surface area contributed by atoms with E-state index >= 15 is 0 Å². The lowest BCUT2D eigenvalue weighted by atomic mass is 10.2. The number of ether oxygens (including phenoxy) is 1. The lowest BCUT2D eigenvalue weighted by Gasteiger charge is -2.21. The molecule has 0 saturated heterocycles. The van der Waals surface area contributed by atoms with Gasteiger partial charge in [-0.25, -0.2) is 4.39 Å². The van der Waals surface area contributed by atoms with Gasteiger partial charge < -0.3 is 10.1 Å². The van der Waals surface area contributed by atoms with Gasteiger partial charge in [0.1, 0.15) is 11.6 Å². The Hall–Kier alpha value is -3.07. The van der Waals surface area contributed by atoms with Crippen molar-refractivity contribution in [2.75, 3.05) is 5.32 Å². The minimum atomic E-state index is -0.911. The molecular weight excluding hydrogens is 385 g/mol. The molecule has 0 spiro atoms. The average molecular weight is 403 g/mol. The molecule has 28 heavy (non-hydrogen) atoms. The van der Waals surface area contributed by atoms with E-state index in [9.17, 15) is 18.8 Å². The molecule has 1 aliphatic heterocycles. The number of carbonyl (C=O) groups excluding carboxylic acids is 3. The largest absolute Gasteiger partial charge is 0.481 e. The number of hydrogen-bond donors (Lipinski definition) is 3. The van der Waals surface area contributed by atoms with Gasteiger partial charge in [-0.05, 0) is 56.3 Å². The molecule has 0 unspecified atom stereocenters. The summed E-state index contributed by atoms with van der Waals surface area (Å²) in [6.45, 7) is 3.30. The van der Waals surface area contributed by atoms with Crippen LogP contribution in [0, 0.1) is 5.82 Å². The van der Waals surface area contributed by atoms with Gasteiger partial charge in [0.2, 0.25) is 5.91 Å². The van der Waals surface area contributed by atoms with Crippen LogP contribution in [-0.4, -0.2) is 29.1 Å². The zero-order valence-corrected chi connectivity index (χ0v) is 15.9. The highest BCUT2D eigenvalue weighted by Crippen LogP contribution is 2.35. The molecule has 0 bridgehead atoms. The Bertz CT molecular complexity index is 920. The van der Waals surface area contributed by atoms with E-state index in [0.29, 0.717) is 11.4 Å². The summed E-state index contributed by atoms with van der Waals surface area (Å²) >= 11 is 1.41. The molecule has 2 aromatic carbocycles. The molecule has 1 aliphatic rings. The number of hydrazine groups is 1. The highest BCUT2D eigenvalue weighted by molar-refractivity contribution is 8.00. The molecule has 7 nitrogen and oxygen atoms in total. The number of thioether (sulfide) groups is 1. The summed E-state index contributed by atoms with van der Waals surface area (Å²) in [5, 5.41) is 2.55. The molecule has 3 rings (SSSR count). The van der Waals surface area contributed by atoms with Crippen molar-refractivity contribution in [3.05, 3.63) is 53.8 Å². The summed E-state index contributed by atoms with van der Waals surface area (Å²) in [4.78, 5) is 37.0. The first kappa shape index (κ1) is 19.7. The molecule has 0 aromatic heterocycles. The van der Waals surface area contributed by atoms with Crippen LogP contribution < -0.4 is 20.9 Å². The molecule has 1 heterocycles. The topological polar surface area (TPSA) is 96.5 Å². The van der Waals surface area contributed by atoms with Crippen LogP contribution in [-0.2, 0) is 9.59 Å². The van der Waals surface area contributed by atoms with E-state index in [2.05, 4.69) is 16.2 Å². The van der Waals surface area contributed by atoms with Gasteiger partial charge >= 0.3 is 0 Å². The van der Waals surface area contributed by atoms with E-state index in [0.717, 1.165) is 4.90 Å². The standard InChI is InChI=1S/C19H18FN3O4S/c1-10(27-14-6-4-13(20)5-7-14)17(24)22-23-19(26)12-3-8-16-15(9-12)21-18(25)11(2)28-16/h3-11H,1-2H3,(H,21,25)(H,22,24)(H,23,26)/t10-,11+/m1/s1. The van der Waals surface area contributed by atoms with Crippen molar-refractivity contribution in [2.24, 2.45) is 0 Å². The molecule has 9 heteroatoms. The monoisotopic (exact) mass is 403 g/mol. The zero-order chi connectivity index (χ0) is 20.3. The fourth-order valence-corrected chi connectivity index (χ4v) is 3.34. The van der Waals surface area contributed by atoms with E-state index < -0.39 is 23.7 Å². The predicted molar refractivity (Wildman–Crippen MR) is 102 cm³/mol. The minimum absolute atomic E-state index is 0.130. The van der Waals surface area contributed by atoms with E-state index in [-0.39, 0.29) is 16.7 Å². The summed E-state index contributed by atoms with van der Waals surface area (Å²) in [7, 11) is 0. The second kappa shape index (κ2) is 8.30. The van der Waals surface area contributed by atoms with Crippen LogP contribution in [0.3, 0.4) is 0 Å². The van der Waals surface area contributed by atoms with Gasteiger partial charge in [0.05, 0.1) is 10.9 Å². The van der Waals surface area contributed by atoms with Gasteiger partial charge in [-0.2, -0.15) is 0 Å². The normalized spacial score (nSPS) is 16.4.